The van der Waals surface area contributed by atoms with E-state index in [1.807, 2.05) is 18.2 Å². The van der Waals surface area contributed by atoms with Crippen LogP contribution >= 0.6 is 11.6 Å². The maximum absolute atomic E-state index is 12.9. The fraction of sp³-hybridized carbons (Fsp3) is 0.389. The highest BCUT2D eigenvalue weighted by Crippen LogP contribution is 2.42. The Morgan fingerprint density at radius 3 is 2.63 bits per heavy atom. The van der Waals surface area contributed by atoms with Crippen molar-refractivity contribution < 1.29 is 17.6 Å². The molecule has 0 aliphatic heterocycles. The first-order valence-electron chi connectivity index (χ1n) is 8.59. The molecule has 0 radical (unpaired) electrons. The van der Waals surface area contributed by atoms with E-state index in [4.69, 9.17) is 16.0 Å². The van der Waals surface area contributed by atoms with Gasteiger partial charge >= 0.3 is 6.18 Å². The van der Waals surface area contributed by atoms with Crippen molar-refractivity contribution in [3.05, 3.63) is 64.1 Å². The van der Waals surface area contributed by atoms with Gasteiger partial charge in [-0.3, -0.25) is 4.68 Å². The summed E-state index contributed by atoms with van der Waals surface area (Å²) in [5.74, 6) is 0.971. The fourth-order valence-corrected chi connectivity index (χ4v) is 3.15. The number of aryl methyl sites for hydroxylation is 2. The average molecular weight is 397 g/mol. The predicted molar refractivity (Wildman–Crippen MR) is 91.5 cm³/mol. The van der Waals surface area contributed by atoms with E-state index in [0.717, 1.165) is 24.5 Å². The van der Waals surface area contributed by atoms with Crippen molar-refractivity contribution in [2.24, 2.45) is 0 Å². The number of halogens is 4. The third-order valence-electron chi connectivity index (χ3n) is 4.39. The second kappa shape index (κ2) is 6.99. The van der Waals surface area contributed by atoms with Crippen molar-refractivity contribution in [2.45, 2.75) is 44.3 Å². The molecule has 0 N–H and O–H groups in total. The second-order valence-corrected chi connectivity index (χ2v) is 7.03. The summed E-state index contributed by atoms with van der Waals surface area (Å²) in [4.78, 5) is 0. The van der Waals surface area contributed by atoms with Crippen molar-refractivity contribution in [1.82, 2.24) is 20.0 Å². The van der Waals surface area contributed by atoms with Crippen LogP contribution in [-0.4, -0.2) is 20.0 Å². The first-order valence-corrected chi connectivity index (χ1v) is 8.97. The van der Waals surface area contributed by atoms with Gasteiger partial charge in [-0.05, 0) is 36.6 Å². The van der Waals surface area contributed by atoms with Crippen LogP contribution in [0.2, 0.25) is 5.02 Å². The van der Waals surface area contributed by atoms with Gasteiger partial charge in [0, 0.05) is 29.6 Å². The first kappa shape index (κ1) is 18.0. The van der Waals surface area contributed by atoms with Crippen molar-refractivity contribution in [1.29, 1.82) is 0 Å². The number of hydrogen-bond donors (Lipinski definition) is 0. The normalized spacial score (nSPS) is 14.7. The highest BCUT2D eigenvalue weighted by Gasteiger charge is 2.37. The van der Waals surface area contributed by atoms with Gasteiger partial charge in [0.1, 0.15) is 0 Å². The Morgan fingerprint density at radius 2 is 1.93 bits per heavy atom. The lowest BCUT2D eigenvalue weighted by Gasteiger charge is -2.04. The maximum Gasteiger partial charge on any atom is 0.435 e. The summed E-state index contributed by atoms with van der Waals surface area (Å²) in [6, 6.07) is 8.48. The SMILES string of the molecule is FC(F)(F)c1cc(C2CC2)n(CCc2nnc(Cc3cccc(Cl)c3)o2)n1. The van der Waals surface area contributed by atoms with Crippen LogP contribution in [-0.2, 0) is 25.6 Å². The quantitative estimate of drug-likeness (QED) is 0.608. The Hall–Kier alpha value is -2.35. The Bertz CT molecular complexity index is 946. The molecule has 0 amide bonds. The molecule has 9 heteroatoms. The predicted octanol–water partition coefficient (Wildman–Crippen LogP) is 4.65. The molecule has 2 aromatic heterocycles. The maximum atomic E-state index is 12.9. The molecule has 2 heterocycles. The molecule has 0 spiro atoms. The van der Waals surface area contributed by atoms with Crippen LogP contribution in [0.3, 0.4) is 0 Å². The number of benzene rings is 1. The number of hydrogen-bond acceptors (Lipinski definition) is 4. The molecule has 3 aromatic rings. The van der Waals surface area contributed by atoms with Gasteiger partial charge in [0.25, 0.3) is 0 Å². The summed E-state index contributed by atoms with van der Waals surface area (Å²) >= 11 is 5.96. The summed E-state index contributed by atoms with van der Waals surface area (Å²) < 4.78 is 45.9. The van der Waals surface area contributed by atoms with E-state index in [1.165, 1.54) is 4.68 Å². The van der Waals surface area contributed by atoms with Gasteiger partial charge in [0.05, 0.1) is 6.42 Å². The summed E-state index contributed by atoms with van der Waals surface area (Å²) in [7, 11) is 0. The topological polar surface area (TPSA) is 56.7 Å². The lowest BCUT2D eigenvalue weighted by atomic mass is 10.1. The zero-order chi connectivity index (χ0) is 19.0. The molecule has 5 nitrogen and oxygen atoms in total. The molecule has 27 heavy (non-hydrogen) atoms. The molecule has 0 bridgehead atoms. The summed E-state index contributed by atoms with van der Waals surface area (Å²) in [6.07, 6.45) is -1.88. The number of alkyl halides is 3. The lowest BCUT2D eigenvalue weighted by Crippen LogP contribution is -2.10. The van der Waals surface area contributed by atoms with E-state index in [1.54, 1.807) is 6.07 Å². The molecular weight excluding hydrogens is 381 g/mol. The molecule has 1 fully saturated rings. The minimum absolute atomic E-state index is 0.162. The zero-order valence-electron chi connectivity index (χ0n) is 14.2. The van der Waals surface area contributed by atoms with Gasteiger partial charge in [-0.1, -0.05) is 23.7 Å². The number of rotatable bonds is 6. The Kier molecular flexibility index (Phi) is 4.67. The van der Waals surface area contributed by atoms with Gasteiger partial charge in [-0.25, -0.2) is 0 Å². The molecule has 1 saturated carbocycles. The molecule has 142 valence electrons. The van der Waals surface area contributed by atoms with Gasteiger partial charge in [0.2, 0.25) is 11.8 Å². The lowest BCUT2D eigenvalue weighted by molar-refractivity contribution is -0.141. The average Bonchev–Trinajstić information content (AvgIpc) is 3.18. The molecule has 0 atom stereocenters. The number of aromatic nitrogens is 4. The van der Waals surface area contributed by atoms with E-state index >= 15 is 0 Å². The molecular formula is C18H16ClF3N4O. The van der Waals surface area contributed by atoms with Crippen molar-refractivity contribution >= 4 is 11.6 Å². The Morgan fingerprint density at radius 1 is 1.15 bits per heavy atom. The standard InChI is InChI=1S/C18H16ClF3N4O/c19-13-3-1-2-11(8-13)9-17-24-23-16(27-17)6-7-26-14(12-4-5-12)10-15(25-26)18(20,21)22/h1-3,8,10,12H,4-7,9H2. The van der Waals surface area contributed by atoms with Crippen molar-refractivity contribution in [3.8, 4) is 0 Å². The Labute approximate surface area is 158 Å². The molecule has 4 rings (SSSR count). The third kappa shape index (κ3) is 4.32. The van der Waals surface area contributed by atoms with Crippen LogP contribution in [0.15, 0.2) is 34.7 Å². The highest BCUT2D eigenvalue weighted by molar-refractivity contribution is 6.30. The third-order valence-corrected chi connectivity index (χ3v) is 4.62. The minimum Gasteiger partial charge on any atom is -0.425 e. The van der Waals surface area contributed by atoms with Crippen LogP contribution in [0.1, 0.15) is 47.5 Å². The summed E-state index contributed by atoms with van der Waals surface area (Å²) in [5, 5.41) is 12.3. The largest absolute Gasteiger partial charge is 0.435 e. The van der Waals surface area contributed by atoms with Gasteiger partial charge in [0.15, 0.2) is 5.69 Å². The zero-order valence-corrected chi connectivity index (χ0v) is 15.0. The Balaban J connectivity index is 1.44. The van der Waals surface area contributed by atoms with E-state index in [2.05, 4.69) is 15.3 Å². The van der Waals surface area contributed by atoms with Gasteiger partial charge < -0.3 is 4.42 Å². The van der Waals surface area contributed by atoms with E-state index in [9.17, 15) is 13.2 Å². The molecule has 1 aromatic carbocycles. The van der Waals surface area contributed by atoms with Crippen LogP contribution < -0.4 is 0 Å². The van der Waals surface area contributed by atoms with E-state index in [-0.39, 0.29) is 12.5 Å². The number of nitrogens with zero attached hydrogens (tertiary/aromatic N) is 4. The monoisotopic (exact) mass is 396 g/mol. The fourth-order valence-electron chi connectivity index (χ4n) is 2.94. The summed E-state index contributed by atoms with van der Waals surface area (Å²) in [5.41, 5.74) is 0.716. The van der Waals surface area contributed by atoms with Crippen LogP contribution in [0.4, 0.5) is 13.2 Å². The van der Waals surface area contributed by atoms with Gasteiger partial charge in [-0.2, -0.15) is 18.3 Å². The molecule has 1 aliphatic rings. The smallest absolute Gasteiger partial charge is 0.425 e. The van der Waals surface area contributed by atoms with Crippen molar-refractivity contribution in [3.63, 3.8) is 0 Å². The minimum atomic E-state index is -4.44. The van der Waals surface area contributed by atoms with E-state index in [0.29, 0.717) is 35.3 Å². The second-order valence-electron chi connectivity index (χ2n) is 6.60. The van der Waals surface area contributed by atoms with Crippen LogP contribution in [0, 0.1) is 0 Å². The molecule has 0 unspecified atom stereocenters. The molecule has 0 saturated heterocycles. The van der Waals surface area contributed by atoms with Crippen LogP contribution in [0.25, 0.3) is 0 Å². The van der Waals surface area contributed by atoms with E-state index < -0.39 is 11.9 Å². The first-order chi connectivity index (χ1) is 12.9. The van der Waals surface area contributed by atoms with Gasteiger partial charge in [-0.15, -0.1) is 10.2 Å². The van der Waals surface area contributed by atoms with Crippen LogP contribution in [0.5, 0.6) is 0 Å². The highest BCUT2D eigenvalue weighted by atomic mass is 35.5. The van der Waals surface area contributed by atoms with Crippen molar-refractivity contribution in [2.75, 3.05) is 0 Å². The summed E-state index contributed by atoms with van der Waals surface area (Å²) in [6.45, 7) is 0.265. The molecule has 1 aliphatic carbocycles.